The molecule has 0 radical (unpaired) electrons. The lowest BCUT2D eigenvalue weighted by molar-refractivity contribution is 0.622. The third-order valence-corrected chi connectivity index (χ3v) is 1.45. The molecule has 2 aromatic heterocycles. The second-order valence-electron chi connectivity index (χ2n) is 2.28. The largest absolute Gasteiger partial charge is 0.237 e. The molecule has 4 heteroatoms. The molecular weight excluding hydrogens is 157 g/mol. The normalized spacial score (nSPS) is 10.1. The lowest BCUT2D eigenvalue weighted by Crippen LogP contribution is -1.97. The maximum Gasteiger partial charge on any atom is 0.156 e. The van der Waals surface area contributed by atoms with Crippen molar-refractivity contribution in [3.63, 3.8) is 0 Å². The van der Waals surface area contributed by atoms with Gasteiger partial charge in [0.1, 0.15) is 5.82 Å². The summed E-state index contributed by atoms with van der Waals surface area (Å²) in [4.78, 5) is 3.94. The van der Waals surface area contributed by atoms with Gasteiger partial charge in [0.05, 0.1) is 0 Å². The van der Waals surface area contributed by atoms with E-state index in [1.54, 1.807) is 18.5 Å². The molecule has 0 N–H and O–H groups in total. The molecule has 0 bridgehead atoms. The fraction of sp³-hybridized carbons (Fsp3) is 0. The van der Waals surface area contributed by atoms with Gasteiger partial charge in [0.15, 0.2) is 5.82 Å². The van der Waals surface area contributed by atoms with E-state index in [1.807, 2.05) is 0 Å². The molecule has 0 unspecified atom stereocenters. The molecule has 0 spiro atoms. The average Bonchev–Trinajstić information content (AvgIpc) is 2.56. The maximum atomic E-state index is 12.7. The van der Waals surface area contributed by atoms with Crippen molar-refractivity contribution in [2.45, 2.75) is 0 Å². The minimum absolute atomic E-state index is 0.310. The Kier molecular flexibility index (Phi) is 1.59. The van der Waals surface area contributed by atoms with Gasteiger partial charge in [-0.05, 0) is 12.1 Å². The van der Waals surface area contributed by atoms with E-state index in [0.717, 1.165) is 0 Å². The van der Waals surface area contributed by atoms with Crippen LogP contribution in [0.5, 0.6) is 0 Å². The summed E-state index contributed by atoms with van der Waals surface area (Å²) >= 11 is 0. The van der Waals surface area contributed by atoms with Crippen LogP contribution in [0, 0.1) is 5.82 Å². The number of hydrogen-bond acceptors (Lipinski definition) is 2. The van der Waals surface area contributed by atoms with Crippen LogP contribution in [0.25, 0.3) is 5.82 Å². The van der Waals surface area contributed by atoms with Crippen molar-refractivity contribution in [2.24, 2.45) is 0 Å². The van der Waals surface area contributed by atoms with Crippen molar-refractivity contribution >= 4 is 0 Å². The van der Waals surface area contributed by atoms with Crippen LogP contribution in [-0.4, -0.2) is 14.8 Å². The molecule has 12 heavy (non-hydrogen) atoms. The lowest BCUT2D eigenvalue weighted by Gasteiger charge is -1.97. The average molecular weight is 163 g/mol. The van der Waals surface area contributed by atoms with E-state index in [9.17, 15) is 4.39 Å². The van der Waals surface area contributed by atoms with Crippen LogP contribution in [0.1, 0.15) is 0 Å². The molecular formula is C8H6FN3. The predicted octanol–water partition coefficient (Wildman–Crippen LogP) is 1.41. The Balaban J connectivity index is 2.48. The summed E-state index contributed by atoms with van der Waals surface area (Å²) in [5, 5.41) is 3.92. The van der Waals surface area contributed by atoms with Crippen LogP contribution in [0.4, 0.5) is 4.39 Å². The fourth-order valence-electron chi connectivity index (χ4n) is 0.923. The highest BCUT2D eigenvalue weighted by molar-refractivity contribution is 5.20. The summed E-state index contributed by atoms with van der Waals surface area (Å²) in [5.41, 5.74) is 0. The molecule has 3 nitrogen and oxygen atoms in total. The smallest absolute Gasteiger partial charge is 0.156 e. The molecule has 2 rings (SSSR count). The lowest BCUT2D eigenvalue weighted by atomic mass is 10.4. The van der Waals surface area contributed by atoms with Crippen molar-refractivity contribution in [3.05, 3.63) is 42.6 Å². The molecule has 0 atom stereocenters. The third kappa shape index (κ3) is 1.18. The summed E-state index contributed by atoms with van der Waals surface area (Å²) in [6.45, 7) is 0. The summed E-state index contributed by atoms with van der Waals surface area (Å²) < 4.78 is 14.2. The molecule has 0 aliphatic heterocycles. The predicted molar refractivity (Wildman–Crippen MR) is 41.3 cm³/mol. The van der Waals surface area contributed by atoms with Gasteiger partial charge in [0, 0.05) is 24.7 Å². The quantitative estimate of drug-likeness (QED) is 0.636. The van der Waals surface area contributed by atoms with Gasteiger partial charge in [-0.25, -0.2) is 14.1 Å². The monoisotopic (exact) mass is 163 g/mol. The molecule has 0 aromatic carbocycles. The molecule has 0 fully saturated rings. The second kappa shape index (κ2) is 2.73. The number of halogens is 1. The molecule has 0 saturated heterocycles. The Bertz CT molecular complexity index is 370. The van der Waals surface area contributed by atoms with Crippen LogP contribution in [0.15, 0.2) is 36.8 Å². The highest BCUT2D eigenvalue weighted by Gasteiger charge is 1.97. The van der Waals surface area contributed by atoms with Crippen molar-refractivity contribution in [3.8, 4) is 5.82 Å². The maximum absolute atomic E-state index is 12.7. The molecule has 0 aliphatic rings. The molecule has 0 saturated carbocycles. The summed E-state index contributed by atoms with van der Waals surface area (Å²) in [6, 6.07) is 4.38. The zero-order valence-corrected chi connectivity index (χ0v) is 6.18. The van der Waals surface area contributed by atoms with E-state index in [4.69, 9.17) is 0 Å². The molecule has 0 amide bonds. The molecule has 0 aliphatic carbocycles. The van der Waals surface area contributed by atoms with Gasteiger partial charge in [-0.1, -0.05) is 0 Å². The van der Waals surface area contributed by atoms with E-state index < -0.39 is 0 Å². The number of aromatic nitrogens is 3. The SMILES string of the molecule is Fc1ccnc(-n2cccn2)c1. The molecule has 60 valence electrons. The van der Waals surface area contributed by atoms with E-state index in [2.05, 4.69) is 10.1 Å². The minimum atomic E-state index is -0.310. The van der Waals surface area contributed by atoms with Gasteiger partial charge >= 0.3 is 0 Å². The van der Waals surface area contributed by atoms with E-state index >= 15 is 0 Å². The summed E-state index contributed by atoms with van der Waals surface area (Å²) in [6.07, 6.45) is 4.74. The number of pyridine rings is 1. The van der Waals surface area contributed by atoms with Gasteiger partial charge in [0.25, 0.3) is 0 Å². The van der Waals surface area contributed by atoms with Crippen LogP contribution in [0.2, 0.25) is 0 Å². The van der Waals surface area contributed by atoms with Gasteiger partial charge in [0.2, 0.25) is 0 Å². The summed E-state index contributed by atoms with van der Waals surface area (Å²) in [5.74, 6) is 0.176. The first kappa shape index (κ1) is 6.97. The first-order valence-electron chi connectivity index (χ1n) is 3.48. The van der Waals surface area contributed by atoms with E-state index in [0.29, 0.717) is 5.82 Å². The Hall–Kier alpha value is -1.71. The van der Waals surface area contributed by atoms with Crippen molar-refractivity contribution in [1.82, 2.24) is 14.8 Å². The standard InChI is InChI=1S/C8H6FN3/c9-7-2-4-10-8(6-7)12-5-1-3-11-12/h1-6H. The number of rotatable bonds is 1. The zero-order valence-electron chi connectivity index (χ0n) is 6.18. The van der Waals surface area contributed by atoms with Crippen LogP contribution in [0.3, 0.4) is 0 Å². The Morgan fingerprint density at radius 1 is 1.33 bits per heavy atom. The van der Waals surface area contributed by atoms with Crippen molar-refractivity contribution < 1.29 is 4.39 Å². The van der Waals surface area contributed by atoms with Gasteiger partial charge in [-0.15, -0.1) is 0 Å². The number of nitrogens with zero attached hydrogens (tertiary/aromatic N) is 3. The first-order valence-corrected chi connectivity index (χ1v) is 3.48. The first-order chi connectivity index (χ1) is 5.86. The summed E-state index contributed by atoms with van der Waals surface area (Å²) in [7, 11) is 0. The van der Waals surface area contributed by atoms with Gasteiger partial charge < -0.3 is 0 Å². The van der Waals surface area contributed by atoms with E-state index in [-0.39, 0.29) is 5.82 Å². The fourth-order valence-corrected chi connectivity index (χ4v) is 0.923. The molecule has 2 heterocycles. The van der Waals surface area contributed by atoms with Gasteiger partial charge in [-0.3, -0.25) is 0 Å². The van der Waals surface area contributed by atoms with E-state index in [1.165, 1.54) is 23.0 Å². The Morgan fingerprint density at radius 3 is 2.92 bits per heavy atom. The van der Waals surface area contributed by atoms with Gasteiger partial charge in [-0.2, -0.15) is 5.10 Å². The topological polar surface area (TPSA) is 30.7 Å². The zero-order chi connectivity index (χ0) is 8.39. The highest BCUT2D eigenvalue weighted by atomic mass is 19.1. The van der Waals surface area contributed by atoms with Crippen molar-refractivity contribution in [2.75, 3.05) is 0 Å². The van der Waals surface area contributed by atoms with Crippen LogP contribution < -0.4 is 0 Å². The Morgan fingerprint density at radius 2 is 2.25 bits per heavy atom. The van der Waals surface area contributed by atoms with Crippen molar-refractivity contribution in [1.29, 1.82) is 0 Å². The molecule has 2 aromatic rings. The Labute approximate surface area is 68.5 Å². The highest BCUT2D eigenvalue weighted by Crippen LogP contribution is 2.03. The minimum Gasteiger partial charge on any atom is -0.237 e. The second-order valence-corrected chi connectivity index (χ2v) is 2.28. The van der Waals surface area contributed by atoms with Crippen LogP contribution >= 0.6 is 0 Å². The number of hydrogen-bond donors (Lipinski definition) is 0. The third-order valence-electron chi connectivity index (χ3n) is 1.45. The van der Waals surface area contributed by atoms with Crippen LogP contribution in [-0.2, 0) is 0 Å².